The highest BCUT2D eigenvalue weighted by molar-refractivity contribution is 7.99. The zero-order valence-electron chi connectivity index (χ0n) is 4.80. The summed E-state index contributed by atoms with van der Waals surface area (Å²) in [5, 5.41) is 0. The second-order valence-electron chi connectivity index (χ2n) is 1.32. The molecule has 0 N–H and O–H groups in total. The average molecular weight is 130 g/mol. The van der Waals surface area contributed by atoms with Gasteiger partial charge in [0.15, 0.2) is 0 Å². The van der Waals surface area contributed by atoms with E-state index in [2.05, 4.69) is 6.58 Å². The Hall–Kier alpha value is -0.240. The normalized spacial score (nSPS) is 8.50. The summed E-state index contributed by atoms with van der Waals surface area (Å²) < 4.78 is 0. The van der Waals surface area contributed by atoms with Gasteiger partial charge in [-0.1, -0.05) is 6.08 Å². The molecule has 0 aliphatic carbocycles. The summed E-state index contributed by atoms with van der Waals surface area (Å²) in [6.45, 7) is 3.55. The largest absolute Gasteiger partial charge is 0.303 e. The fourth-order valence-corrected chi connectivity index (χ4v) is 0.894. The van der Waals surface area contributed by atoms with Gasteiger partial charge in [0.05, 0.1) is 0 Å². The fourth-order valence-electron chi connectivity index (χ4n) is 0.298. The number of hydrogen-bond donors (Lipinski definition) is 0. The highest BCUT2D eigenvalue weighted by Crippen LogP contribution is 1.99. The number of carbonyl (C=O) groups excluding carboxylic acids is 1. The van der Waals surface area contributed by atoms with Gasteiger partial charge in [-0.2, -0.15) is 11.8 Å². The van der Waals surface area contributed by atoms with Crippen LogP contribution in [0, 0.1) is 0 Å². The van der Waals surface area contributed by atoms with Crippen LogP contribution < -0.4 is 0 Å². The maximum Gasteiger partial charge on any atom is 0.120 e. The Morgan fingerprint density at radius 1 is 1.62 bits per heavy atom. The zero-order valence-corrected chi connectivity index (χ0v) is 5.62. The minimum Gasteiger partial charge on any atom is -0.303 e. The predicted octanol–water partition coefficient (Wildman–Crippen LogP) is 1.49. The van der Waals surface area contributed by atoms with Crippen LogP contribution in [0.1, 0.15) is 6.42 Å². The van der Waals surface area contributed by atoms with Crippen molar-refractivity contribution in [1.82, 2.24) is 0 Å². The van der Waals surface area contributed by atoms with Gasteiger partial charge in [0.25, 0.3) is 0 Å². The maximum absolute atomic E-state index is 9.73. The van der Waals surface area contributed by atoms with Gasteiger partial charge in [-0.15, -0.1) is 6.58 Å². The average Bonchev–Trinajstić information content (AvgIpc) is 1.81. The molecule has 0 fully saturated rings. The standard InChI is InChI=1S/C6H10OS/c1-2-5-8-6-3-4-7/h2,4H,1,3,5-6H2. The van der Waals surface area contributed by atoms with Crippen molar-refractivity contribution in [2.45, 2.75) is 6.42 Å². The smallest absolute Gasteiger partial charge is 0.120 e. The minimum atomic E-state index is 0.665. The molecule has 0 aromatic carbocycles. The first-order valence-corrected chi connectivity index (χ1v) is 3.69. The molecule has 0 radical (unpaired) electrons. The third-order valence-corrected chi connectivity index (χ3v) is 1.61. The van der Waals surface area contributed by atoms with Crippen LogP contribution in [-0.2, 0) is 4.79 Å². The Morgan fingerprint density at radius 3 is 2.88 bits per heavy atom. The van der Waals surface area contributed by atoms with Crippen LogP contribution in [0.15, 0.2) is 12.7 Å². The molecular weight excluding hydrogens is 120 g/mol. The SMILES string of the molecule is C=CCSCCC=O. The fraction of sp³-hybridized carbons (Fsp3) is 0.500. The molecule has 0 amide bonds. The first-order valence-electron chi connectivity index (χ1n) is 2.54. The Balaban J connectivity index is 2.71. The molecule has 0 rings (SSSR count). The van der Waals surface area contributed by atoms with Crippen LogP contribution >= 0.6 is 11.8 Å². The van der Waals surface area contributed by atoms with Gasteiger partial charge in [-0.25, -0.2) is 0 Å². The Labute approximate surface area is 54.2 Å². The van der Waals surface area contributed by atoms with E-state index in [0.717, 1.165) is 17.8 Å². The number of aldehydes is 1. The Kier molecular flexibility index (Phi) is 6.56. The molecule has 0 aromatic heterocycles. The molecule has 0 heterocycles. The van der Waals surface area contributed by atoms with Crippen LogP contribution in [0.5, 0.6) is 0 Å². The topological polar surface area (TPSA) is 17.1 Å². The third-order valence-electron chi connectivity index (χ3n) is 0.616. The minimum absolute atomic E-state index is 0.665. The van der Waals surface area contributed by atoms with Crippen molar-refractivity contribution >= 4 is 18.0 Å². The number of hydrogen-bond acceptors (Lipinski definition) is 2. The second-order valence-corrected chi connectivity index (χ2v) is 2.47. The van der Waals surface area contributed by atoms with E-state index in [1.165, 1.54) is 0 Å². The first kappa shape index (κ1) is 7.76. The second kappa shape index (κ2) is 6.76. The van der Waals surface area contributed by atoms with Gasteiger partial charge in [-0.05, 0) is 0 Å². The zero-order chi connectivity index (χ0) is 6.24. The molecule has 0 saturated carbocycles. The summed E-state index contributed by atoms with van der Waals surface area (Å²) >= 11 is 1.73. The summed E-state index contributed by atoms with van der Waals surface area (Å²) in [6.07, 6.45) is 3.45. The summed E-state index contributed by atoms with van der Waals surface area (Å²) in [5.74, 6) is 1.88. The molecule has 1 nitrogen and oxygen atoms in total. The molecule has 0 atom stereocenters. The molecule has 0 aromatic rings. The summed E-state index contributed by atoms with van der Waals surface area (Å²) in [4.78, 5) is 9.73. The third kappa shape index (κ3) is 5.76. The van der Waals surface area contributed by atoms with Crippen LogP contribution in [0.2, 0.25) is 0 Å². The van der Waals surface area contributed by atoms with Crippen LogP contribution in [-0.4, -0.2) is 17.8 Å². The lowest BCUT2D eigenvalue weighted by atomic mass is 10.6. The van der Waals surface area contributed by atoms with Crippen LogP contribution in [0.25, 0.3) is 0 Å². The molecule has 46 valence electrons. The molecule has 2 heteroatoms. The van der Waals surface area contributed by atoms with E-state index in [1.807, 2.05) is 6.08 Å². The van der Waals surface area contributed by atoms with Crippen LogP contribution in [0.4, 0.5) is 0 Å². The Bertz CT molecular complexity index is 60.9. The monoisotopic (exact) mass is 130 g/mol. The van der Waals surface area contributed by atoms with Crippen molar-refractivity contribution in [3.05, 3.63) is 12.7 Å². The molecule has 0 aliphatic heterocycles. The molecule has 8 heavy (non-hydrogen) atoms. The quantitative estimate of drug-likeness (QED) is 0.318. The van der Waals surface area contributed by atoms with Crippen molar-refractivity contribution < 1.29 is 4.79 Å². The molecule has 0 spiro atoms. The van der Waals surface area contributed by atoms with Gasteiger partial charge in [-0.3, -0.25) is 0 Å². The summed E-state index contributed by atoms with van der Waals surface area (Å²) in [6, 6.07) is 0. The van der Waals surface area contributed by atoms with E-state index in [-0.39, 0.29) is 0 Å². The summed E-state index contributed by atoms with van der Waals surface area (Å²) in [7, 11) is 0. The molecule has 0 unspecified atom stereocenters. The highest BCUT2D eigenvalue weighted by Gasteiger charge is 1.81. The van der Waals surface area contributed by atoms with Crippen molar-refractivity contribution in [3.63, 3.8) is 0 Å². The van der Waals surface area contributed by atoms with E-state index in [0.29, 0.717) is 6.42 Å². The molecule has 0 bridgehead atoms. The Morgan fingerprint density at radius 2 is 2.38 bits per heavy atom. The molecule has 0 aliphatic rings. The molecular formula is C6H10OS. The number of carbonyl (C=O) groups is 1. The number of thioether (sulfide) groups is 1. The first-order chi connectivity index (χ1) is 3.91. The lowest BCUT2D eigenvalue weighted by Crippen LogP contribution is -1.79. The van der Waals surface area contributed by atoms with E-state index in [4.69, 9.17) is 0 Å². The van der Waals surface area contributed by atoms with Crippen LogP contribution in [0.3, 0.4) is 0 Å². The predicted molar refractivity (Wildman–Crippen MR) is 38.2 cm³/mol. The van der Waals surface area contributed by atoms with Crippen molar-refractivity contribution in [2.24, 2.45) is 0 Å². The summed E-state index contributed by atoms with van der Waals surface area (Å²) in [5.41, 5.74) is 0. The van der Waals surface area contributed by atoms with Crippen molar-refractivity contribution in [1.29, 1.82) is 0 Å². The van der Waals surface area contributed by atoms with E-state index in [9.17, 15) is 4.79 Å². The van der Waals surface area contributed by atoms with E-state index in [1.54, 1.807) is 11.8 Å². The molecule has 0 saturated heterocycles. The maximum atomic E-state index is 9.73. The highest BCUT2D eigenvalue weighted by atomic mass is 32.2. The lowest BCUT2D eigenvalue weighted by molar-refractivity contribution is -0.107. The van der Waals surface area contributed by atoms with Gasteiger partial charge in [0.1, 0.15) is 6.29 Å². The van der Waals surface area contributed by atoms with Gasteiger partial charge in [0, 0.05) is 17.9 Å². The van der Waals surface area contributed by atoms with E-state index >= 15 is 0 Å². The van der Waals surface area contributed by atoms with Gasteiger partial charge >= 0.3 is 0 Å². The lowest BCUT2D eigenvalue weighted by Gasteiger charge is -1.88. The van der Waals surface area contributed by atoms with Crippen molar-refractivity contribution in [3.8, 4) is 0 Å². The van der Waals surface area contributed by atoms with Gasteiger partial charge < -0.3 is 4.79 Å². The van der Waals surface area contributed by atoms with E-state index < -0.39 is 0 Å². The van der Waals surface area contributed by atoms with Crippen molar-refractivity contribution in [2.75, 3.05) is 11.5 Å². The number of rotatable bonds is 5. The van der Waals surface area contributed by atoms with Gasteiger partial charge in [0.2, 0.25) is 0 Å².